The first-order valence-electron chi connectivity index (χ1n) is 11.6. The molecule has 11 heteroatoms. The van der Waals surface area contributed by atoms with Gasteiger partial charge in [0.1, 0.15) is 18.8 Å². The summed E-state index contributed by atoms with van der Waals surface area (Å²) < 4.78 is 18.8. The van der Waals surface area contributed by atoms with E-state index in [1.54, 1.807) is 50.3 Å². The lowest BCUT2D eigenvalue weighted by atomic mass is 9.96. The van der Waals surface area contributed by atoms with Gasteiger partial charge in [0.2, 0.25) is 17.7 Å². The smallest absolute Gasteiger partial charge is 0.338 e. The van der Waals surface area contributed by atoms with E-state index in [-0.39, 0.29) is 48.4 Å². The van der Waals surface area contributed by atoms with Crippen LogP contribution < -0.4 is 10.1 Å². The molecule has 4 rings (SSSR count). The van der Waals surface area contributed by atoms with E-state index in [1.165, 1.54) is 10.9 Å². The molecule has 0 radical (unpaired) electrons. The highest BCUT2D eigenvalue weighted by Crippen LogP contribution is 2.33. The summed E-state index contributed by atoms with van der Waals surface area (Å²) >= 11 is 0. The van der Waals surface area contributed by atoms with Gasteiger partial charge in [0.15, 0.2) is 17.4 Å². The summed E-state index contributed by atoms with van der Waals surface area (Å²) in [5.41, 5.74) is 0.969. The van der Waals surface area contributed by atoms with Gasteiger partial charge in [0.25, 0.3) is 0 Å². The van der Waals surface area contributed by atoms with Crippen molar-refractivity contribution in [1.29, 1.82) is 0 Å². The minimum Gasteiger partial charge on any atom is -0.472 e. The van der Waals surface area contributed by atoms with Gasteiger partial charge in [-0.25, -0.2) is 9.78 Å². The summed E-state index contributed by atoms with van der Waals surface area (Å²) in [5, 5.41) is 13.9. The van der Waals surface area contributed by atoms with Crippen molar-refractivity contribution in [1.82, 2.24) is 19.5 Å². The van der Waals surface area contributed by atoms with E-state index in [0.717, 1.165) is 0 Å². The second-order valence-corrected chi connectivity index (χ2v) is 8.85. The number of aromatic nitrogens is 4. The van der Waals surface area contributed by atoms with Crippen LogP contribution in [-0.4, -0.2) is 61.9 Å². The number of aliphatic hydroxyl groups excluding tert-OH is 1. The van der Waals surface area contributed by atoms with Crippen LogP contribution in [0.5, 0.6) is 5.88 Å². The van der Waals surface area contributed by atoms with Gasteiger partial charge < -0.3 is 19.3 Å². The molecule has 0 saturated carbocycles. The highest BCUT2D eigenvalue weighted by Gasteiger charge is 2.42. The lowest BCUT2D eigenvalue weighted by molar-refractivity contribution is -0.188. The third-order valence-corrected chi connectivity index (χ3v) is 5.73. The Bertz CT molecular complexity index is 1240. The summed E-state index contributed by atoms with van der Waals surface area (Å²) in [6, 6.07) is 8.57. The van der Waals surface area contributed by atoms with Crippen molar-refractivity contribution >= 4 is 29.0 Å². The van der Waals surface area contributed by atoms with Crippen LogP contribution in [-0.2, 0) is 14.3 Å². The van der Waals surface area contributed by atoms with Crippen molar-refractivity contribution in [3.8, 4) is 5.88 Å². The molecule has 2 N–H and O–H groups in total. The average Bonchev–Trinajstić information content (AvgIpc) is 3.29. The van der Waals surface area contributed by atoms with Gasteiger partial charge in [0, 0.05) is 11.8 Å². The monoisotopic (exact) mass is 495 g/mol. The molecule has 11 nitrogen and oxygen atoms in total. The van der Waals surface area contributed by atoms with Crippen LogP contribution in [0.1, 0.15) is 37.4 Å². The van der Waals surface area contributed by atoms with Crippen LogP contribution >= 0.6 is 0 Å². The van der Waals surface area contributed by atoms with E-state index >= 15 is 0 Å². The van der Waals surface area contributed by atoms with Gasteiger partial charge in [-0.05, 0) is 12.1 Å². The zero-order valence-electron chi connectivity index (χ0n) is 20.3. The molecular weight excluding hydrogens is 466 g/mol. The number of hydrogen-bond acceptors (Lipinski definition) is 9. The molecular formula is C25H29N5O6. The minimum atomic E-state index is -1.22. The summed E-state index contributed by atoms with van der Waals surface area (Å²) in [4.78, 5) is 38.0. The van der Waals surface area contributed by atoms with Gasteiger partial charge in [-0.3, -0.25) is 14.7 Å². The molecule has 1 saturated heterocycles. The molecule has 1 fully saturated rings. The second-order valence-electron chi connectivity index (χ2n) is 8.85. The number of ether oxygens (including phenoxy) is 3. The molecule has 36 heavy (non-hydrogen) atoms. The first-order valence-corrected chi connectivity index (χ1v) is 11.6. The molecule has 4 atom stereocenters. The molecule has 1 unspecified atom stereocenters. The largest absolute Gasteiger partial charge is 0.472 e. The molecule has 1 amide bonds. The van der Waals surface area contributed by atoms with Crippen LogP contribution in [0, 0.1) is 11.8 Å². The molecule has 0 spiro atoms. The van der Waals surface area contributed by atoms with E-state index in [2.05, 4.69) is 26.8 Å². The summed E-state index contributed by atoms with van der Waals surface area (Å²) in [5.74, 6) is -1.21. The predicted molar refractivity (Wildman–Crippen MR) is 130 cm³/mol. The third kappa shape index (κ3) is 5.21. The quantitative estimate of drug-likeness (QED) is 0.357. The molecule has 1 aliphatic rings. The number of amides is 1. The number of carbonyl (C=O) groups is 2. The Hall–Kier alpha value is -3.83. The minimum absolute atomic E-state index is 0.0211. The highest BCUT2D eigenvalue weighted by molar-refractivity contribution is 5.91. The number of nitrogens with one attached hydrogen (secondary N) is 1. The highest BCUT2D eigenvalue weighted by atomic mass is 16.6. The van der Waals surface area contributed by atoms with E-state index in [1.807, 2.05) is 6.92 Å². The van der Waals surface area contributed by atoms with Crippen LogP contribution in [0.25, 0.3) is 11.2 Å². The average molecular weight is 496 g/mol. The van der Waals surface area contributed by atoms with Crippen molar-refractivity contribution in [2.45, 2.75) is 39.2 Å². The molecule has 0 bridgehead atoms. The Kier molecular flexibility index (Phi) is 7.61. The molecule has 2 aromatic heterocycles. The zero-order chi connectivity index (χ0) is 25.8. The SMILES string of the molecule is C=CCOc1nc(NC(=O)C(C)C)nc2c1ncn2C1OC[C@@H](C)[C@@H](OC(=O)c2ccccc2)[C@@H]1O. The first kappa shape index (κ1) is 25.3. The van der Waals surface area contributed by atoms with Crippen LogP contribution in [0.2, 0.25) is 0 Å². The normalized spacial score (nSPS) is 21.8. The van der Waals surface area contributed by atoms with Gasteiger partial charge in [-0.15, -0.1) is 0 Å². The number of rotatable bonds is 8. The number of aliphatic hydroxyl groups is 1. The van der Waals surface area contributed by atoms with Gasteiger partial charge >= 0.3 is 5.97 Å². The zero-order valence-corrected chi connectivity index (χ0v) is 20.3. The number of anilines is 1. The number of nitrogens with zero attached hydrogens (tertiary/aromatic N) is 4. The Morgan fingerprint density at radius 2 is 2.06 bits per heavy atom. The number of fused-ring (bicyclic) bond motifs is 1. The van der Waals surface area contributed by atoms with Gasteiger partial charge in [-0.1, -0.05) is 51.6 Å². The van der Waals surface area contributed by atoms with Gasteiger partial charge in [0.05, 0.1) is 18.5 Å². The number of benzene rings is 1. The maximum atomic E-state index is 12.7. The maximum absolute atomic E-state index is 12.7. The van der Waals surface area contributed by atoms with E-state index in [4.69, 9.17) is 14.2 Å². The Labute approximate surface area is 208 Å². The van der Waals surface area contributed by atoms with Crippen molar-refractivity contribution in [2.75, 3.05) is 18.5 Å². The van der Waals surface area contributed by atoms with Crippen molar-refractivity contribution < 1.29 is 28.9 Å². The van der Waals surface area contributed by atoms with E-state index < -0.39 is 24.4 Å². The van der Waals surface area contributed by atoms with Crippen LogP contribution in [0.4, 0.5) is 5.95 Å². The second kappa shape index (κ2) is 10.8. The fourth-order valence-electron chi connectivity index (χ4n) is 3.77. The van der Waals surface area contributed by atoms with E-state index in [9.17, 15) is 14.7 Å². The molecule has 190 valence electrons. The Morgan fingerprint density at radius 3 is 2.75 bits per heavy atom. The molecule has 1 aromatic carbocycles. The third-order valence-electron chi connectivity index (χ3n) is 5.73. The molecule has 0 aliphatic carbocycles. The molecule has 1 aliphatic heterocycles. The predicted octanol–water partition coefficient (Wildman–Crippen LogP) is 2.74. The van der Waals surface area contributed by atoms with Gasteiger partial charge in [-0.2, -0.15) is 9.97 Å². The van der Waals surface area contributed by atoms with Crippen LogP contribution in [0.3, 0.4) is 0 Å². The topological polar surface area (TPSA) is 138 Å². The van der Waals surface area contributed by atoms with Crippen molar-refractivity contribution in [3.05, 3.63) is 54.9 Å². The number of esters is 1. The lowest BCUT2D eigenvalue weighted by Gasteiger charge is -2.38. The fraction of sp³-hybridized carbons (Fsp3) is 0.400. The fourth-order valence-corrected chi connectivity index (χ4v) is 3.77. The Balaban J connectivity index is 1.66. The van der Waals surface area contributed by atoms with Crippen LogP contribution in [0.15, 0.2) is 49.3 Å². The maximum Gasteiger partial charge on any atom is 0.338 e. The summed E-state index contributed by atoms with van der Waals surface area (Å²) in [6.45, 7) is 9.35. The first-order chi connectivity index (χ1) is 17.3. The summed E-state index contributed by atoms with van der Waals surface area (Å²) in [6.07, 6.45) is -0.0325. The van der Waals surface area contributed by atoms with E-state index in [0.29, 0.717) is 11.1 Å². The number of hydrogen-bond donors (Lipinski definition) is 2. The summed E-state index contributed by atoms with van der Waals surface area (Å²) in [7, 11) is 0. The van der Waals surface area contributed by atoms with Crippen molar-refractivity contribution in [3.63, 3.8) is 0 Å². The molecule has 3 heterocycles. The number of carbonyl (C=O) groups excluding carboxylic acids is 2. The molecule has 3 aromatic rings. The Morgan fingerprint density at radius 1 is 1.31 bits per heavy atom. The standard InChI is InChI=1S/C25H29N5O6/c1-5-11-34-22-17-20(27-25(29-22)28-21(32)14(2)3)30(13-26-17)23-18(31)19(15(4)12-35-23)36-24(33)16-9-7-6-8-10-16/h5-10,13-15,18-19,23,31H,1,11-12H2,2-4H3,(H,27,28,29,32)/t15-,18+,19-,23?/m1/s1. The van der Waals surface area contributed by atoms with Crippen molar-refractivity contribution in [2.24, 2.45) is 11.8 Å². The lowest BCUT2D eigenvalue weighted by Crippen LogP contribution is -2.49. The number of imidazole rings is 1.